The molecule has 0 saturated heterocycles. The monoisotopic (exact) mass is 326 g/mol. The minimum Gasteiger partial charge on any atom is -0.477 e. The van der Waals surface area contributed by atoms with Gasteiger partial charge >= 0.3 is 5.97 Å². The molecule has 18 heavy (non-hydrogen) atoms. The third kappa shape index (κ3) is 3.54. The number of hydrogen-bond acceptors (Lipinski definition) is 4. The maximum Gasteiger partial charge on any atom is 0.354 e. The average molecular weight is 327 g/mol. The molecule has 4 nitrogen and oxygen atoms in total. The zero-order valence-electron chi connectivity index (χ0n) is 9.39. The molecule has 0 amide bonds. The molecule has 6 heteroatoms. The molecule has 0 radical (unpaired) electrons. The summed E-state index contributed by atoms with van der Waals surface area (Å²) in [7, 11) is 0. The van der Waals surface area contributed by atoms with Gasteiger partial charge in [0.25, 0.3) is 0 Å². The van der Waals surface area contributed by atoms with Crippen LogP contribution in [0.25, 0.3) is 0 Å². The molecule has 0 aromatic carbocycles. The number of thiophene rings is 1. The van der Waals surface area contributed by atoms with Crippen LogP contribution in [0.5, 0.6) is 0 Å². The Balaban J connectivity index is 1.90. The van der Waals surface area contributed by atoms with E-state index < -0.39 is 5.97 Å². The second-order valence-corrected chi connectivity index (χ2v) is 6.17. The molecular formula is C12H11BrN2O2S. The van der Waals surface area contributed by atoms with Crippen molar-refractivity contribution >= 4 is 38.9 Å². The number of rotatable bonds is 5. The molecular weight excluding hydrogens is 316 g/mol. The van der Waals surface area contributed by atoms with Crippen molar-refractivity contribution in [3.8, 4) is 0 Å². The van der Waals surface area contributed by atoms with Crippen LogP contribution in [0, 0.1) is 0 Å². The minimum atomic E-state index is -1.01. The van der Waals surface area contributed by atoms with Crippen LogP contribution in [-0.4, -0.2) is 22.6 Å². The summed E-state index contributed by atoms with van der Waals surface area (Å²) in [4.78, 5) is 15.8. The maximum atomic E-state index is 10.8. The smallest absolute Gasteiger partial charge is 0.354 e. The Morgan fingerprint density at radius 3 is 2.94 bits per heavy atom. The van der Waals surface area contributed by atoms with Crippen molar-refractivity contribution in [3.63, 3.8) is 0 Å². The highest BCUT2D eigenvalue weighted by Gasteiger charge is 2.04. The van der Waals surface area contributed by atoms with E-state index >= 15 is 0 Å². The predicted molar refractivity (Wildman–Crippen MR) is 75.4 cm³/mol. The first kappa shape index (κ1) is 13.0. The van der Waals surface area contributed by atoms with Crippen LogP contribution in [0.3, 0.4) is 0 Å². The SMILES string of the molecule is O=C(O)c1cc(NCCc2ccc(Br)s2)ccn1. The summed E-state index contributed by atoms with van der Waals surface area (Å²) in [5, 5.41) is 12.0. The van der Waals surface area contributed by atoms with Gasteiger partial charge in [-0.3, -0.25) is 0 Å². The Bertz CT molecular complexity index is 557. The molecule has 94 valence electrons. The van der Waals surface area contributed by atoms with Gasteiger partial charge in [0.2, 0.25) is 0 Å². The molecule has 2 rings (SSSR count). The Morgan fingerprint density at radius 1 is 1.44 bits per heavy atom. The van der Waals surface area contributed by atoms with Gasteiger partial charge in [-0.1, -0.05) is 0 Å². The van der Waals surface area contributed by atoms with Crippen molar-refractivity contribution in [3.05, 3.63) is 44.8 Å². The highest BCUT2D eigenvalue weighted by Crippen LogP contribution is 2.22. The Hall–Kier alpha value is -1.40. The average Bonchev–Trinajstić information content (AvgIpc) is 2.75. The number of halogens is 1. The fourth-order valence-electron chi connectivity index (χ4n) is 1.47. The zero-order chi connectivity index (χ0) is 13.0. The zero-order valence-corrected chi connectivity index (χ0v) is 11.8. The van der Waals surface area contributed by atoms with Gasteiger partial charge in [0.15, 0.2) is 0 Å². The number of aromatic carboxylic acids is 1. The Labute approximate surface area is 117 Å². The molecule has 0 atom stereocenters. The van der Waals surface area contributed by atoms with E-state index in [1.54, 1.807) is 17.4 Å². The summed E-state index contributed by atoms with van der Waals surface area (Å²) in [6, 6.07) is 7.39. The molecule has 0 aliphatic carbocycles. The highest BCUT2D eigenvalue weighted by molar-refractivity contribution is 9.11. The molecule has 0 unspecified atom stereocenters. The van der Waals surface area contributed by atoms with E-state index in [2.05, 4.69) is 32.3 Å². The summed E-state index contributed by atoms with van der Waals surface area (Å²) in [5.41, 5.74) is 0.830. The number of carbonyl (C=O) groups is 1. The fraction of sp³-hybridized carbons (Fsp3) is 0.167. The molecule has 0 saturated carbocycles. The van der Waals surface area contributed by atoms with E-state index in [1.165, 1.54) is 17.1 Å². The molecule has 0 aliphatic heterocycles. The number of carboxylic acid groups (broad SMARTS) is 1. The quantitative estimate of drug-likeness (QED) is 0.885. The van der Waals surface area contributed by atoms with Crippen molar-refractivity contribution < 1.29 is 9.90 Å². The molecule has 2 N–H and O–H groups in total. The number of aromatic nitrogens is 1. The van der Waals surface area contributed by atoms with E-state index in [9.17, 15) is 4.79 Å². The second kappa shape index (κ2) is 5.97. The van der Waals surface area contributed by atoms with Gasteiger partial charge in [-0.15, -0.1) is 11.3 Å². The first-order chi connectivity index (χ1) is 8.65. The van der Waals surface area contributed by atoms with E-state index in [4.69, 9.17) is 5.11 Å². The van der Waals surface area contributed by atoms with Gasteiger partial charge in [0, 0.05) is 23.3 Å². The van der Waals surface area contributed by atoms with Crippen LogP contribution >= 0.6 is 27.3 Å². The number of anilines is 1. The Morgan fingerprint density at radius 2 is 2.28 bits per heavy atom. The lowest BCUT2D eigenvalue weighted by Crippen LogP contribution is -2.06. The largest absolute Gasteiger partial charge is 0.477 e. The summed E-state index contributed by atoms with van der Waals surface area (Å²) in [6.07, 6.45) is 2.40. The third-order valence-corrected chi connectivity index (χ3v) is 3.99. The van der Waals surface area contributed by atoms with Gasteiger partial charge in [0.05, 0.1) is 3.79 Å². The van der Waals surface area contributed by atoms with Crippen molar-refractivity contribution in [1.82, 2.24) is 4.98 Å². The van der Waals surface area contributed by atoms with Crippen LogP contribution in [0.1, 0.15) is 15.4 Å². The van der Waals surface area contributed by atoms with E-state index in [1.807, 2.05) is 6.07 Å². The lowest BCUT2D eigenvalue weighted by Gasteiger charge is -2.05. The normalized spacial score (nSPS) is 10.3. The van der Waals surface area contributed by atoms with E-state index in [0.29, 0.717) is 0 Å². The van der Waals surface area contributed by atoms with Crippen molar-refractivity contribution in [2.45, 2.75) is 6.42 Å². The molecule has 0 spiro atoms. The number of nitrogens with zero attached hydrogens (tertiary/aromatic N) is 1. The van der Waals surface area contributed by atoms with Crippen molar-refractivity contribution in [2.24, 2.45) is 0 Å². The summed E-state index contributed by atoms with van der Waals surface area (Å²) < 4.78 is 1.12. The van der Waals surface area contributed by atoms with Crippen LogP contribution in [0.4, 0.5) is 5.69 Å². The van der Waals surface area contributed by atoms with Gasteiger partial charge < -0.3 is 10.4 Å². The molecule has 2 heterocycles. The van der Waals surface area contributed by atoms with Crippen molar-refractivity contribution in [2.75, 3.05) is 11.9 Å². The minimum absolute atomic E-state index is 0.0545. The first-order valence-corrected chi connectivity index (χ1v) is 6.93. The van der Waals surface area contributed by atoms with Crippen LogP contribution < -0.4 is 5.32 Å². The molecule has 0 bridgehead atoms. The van der Waals surface area contributed by atoms with Gasteiger partial charge in [-0.05, 0) is 46.6 Å². The summed E-state index contributed by atoms with van der Waals surface area (Å²) in [6.45, 7) is 0.760. The molecule has 0 fully saturated rings. The van der Waals surface area contributed by atoms with Crippen molar-refractivity contribution in [1.29, 1.82) is 0 Å². The molecule has 2 aromatic heterocycles. The number of hydrogen-bond donors (Lipinski definition) is 2. The number of nitrogens with one attached hydrogen (secondary N) is 1. The van der Waals surface area contributed by atoms with Gasteiger partial charge in [-0.25, -0.2) is 9.78 Å². The number of carboxylic acids is 1. The van der Waals surface area contributed by atoms with Gasteiger partial charge in [0.1, 0.15) is 5.69 Å². The third-order valence-electron chi connectivity index (χ3n) is 2.31. The van der Waals surface area contributed by atoms with Crippen LogP contribution in [0.2, 0.25) is 0 Å². The Kier molecular flexibility index (Phi) is 4.33. The van der Waals surface area contributed by atoms with E-state index in [-0.39, 0.29) is 5.69 Å². The fourth-order valence-corrected chi connectivity index (χ4v) is 2.96. The first-order valence-electron chi connectivity index (χ1n) is 5.32. The predicted octanol–water partition coefficient (Wildman–Crippen LogP) is 3.26. The lowest BCUT2D eigenvalue weighted by molar-refractivity contribution is 0.0690. The molecule has 2 aromatic rings. The number of pyridine rings is 1. The van der Waals surface area contributed by atoms with Crippen LogP contribution in [-0.2, 0) is 6.42 Å². The molecule has 0 aliphatic rings. The maximum absolute atomic E-state index is 10.8. The second-order valence-electron chi connectivity index (χ2n) is 3.62. The van der Waals surface area contributed by atoms with Crippen LogP contribution in [0.15, 0.2) is 34.2 Å². The summed E-state index contributed by atoms with van der Waals surface area (Å²) >= 11 is 5.12. The highest BCUT2D eigenvalue weighted by atomic mass is 79.9. The van der Waals surface area contributed by atoms with E-state index in [0.717, 1.165) is 22.4 Å². The lowest BCUT2D eigenvalue weighted by atomic mass is 10.3. The topological polar surface area (TPSA) is 62.2 Å². The standard InChI is InChI=1S/C12H11BrN2O2S/c13-11-2-1-9(18-11)4-6-14-8-3-5-15-10(7-8)12(16)17/h1-3,5,7H,4,6H2,(H,14,15)(H,16,17). The van der Waals surface area contributed by atoms with Gasteiger partial charge in [-0.2, -0.15) is 0 Å². The summed E-state index contributed by atoms with van der Waals surface area (Å²) in [5.74, 6) is -1.01.